The summed E-state index contributed by atoms with van der Waals surface area (Å²) >= 11 is 0. The van der Waals surface area contributed by atoms with E-state index in [0.29, 0.717) is 0 Å². The van der Waals surface area contributed by atoms with E-state index < -0.39 is 0 Å². The predicted octanol–water partition coefficient (Wildman–Crippen LogP) is 3.97. The quantitative estimate of drug-likeness (QED) is 0.855. The Morgan fingerprint density at radius 1 is 1.04 bits per heavy atom. The molecule has 1 fully saturated rings. The number of benzene rings is 2. The molecule has 1 saturated carbocycles. The van der Waals surface area contributed by atoms with Crippen LogP contribution in [0, 0.1) is 0 Å². The first-order valence-corrected chi connectivity index (χ1v) is 9.98. The molecule has 0 amide bonds. The fraction of sp³-hybridized carbons (Fsp3) is 0.292. The molecule has 2 unspecified atom stereocenters. The lowest BCUT2D eigenvalue weighted by molar-refractivity contribution is 0.253. The third-order valence-corrected chi connectivity index (χ3v) is 6.29. The van der Waals surface area contributed by atoms with Crippen molar-refractivity contribution >= 4 is 5.84 Å². The van der Waals surface area contributed by atoms with Crippen molar-refractivity contribution in [3.63, 3.8) is 0 Å². The summed E-state index contributed by atoms with van der Waals surface area (Å²) in [6, 6.07) is 19.3. The minimum atomic E-state index is -0.141. The van der Waals surface area contributed by atoms with Crippen molar-refractivity contribution in [3.05, 3.63) is 95.2 Å². The Morgan fingerprint density at radius 3 is 2.43 bits per heavy atom. The summed E-state index contributed by atoms with van der Waals surface area (Å²) in [6.07, 6.45) is 9.34. The Balaban J connectivity index is 1.53. The number of aliphatic hydroxyl groups excluding tert-OH is 1. The molecule has 4 nitrogen and oxygen atoms in total. The van der Waals surface area contributed by atoms with E-state index in [9.17, 15) is 5.11 Å². The van der Waals surface area contributed by atoms with Gasteiger partial charge in [-0.3, -0.25) is 4.99 Å². The third kappa shape index (κ3) is 2.81. The van der Waals surface area contributed by atoms with Crippen LogP contribution in [-0.2, 0) is 5.54 Å². The smallest absolute Gasteiger partial charge is 0.129 e. The Bertz CT molecular complexity index is 955. The van der Waals surface area contributed by atoms with Crippen molar-refractivity contribution in [2.75, 3.05) is 6.61 Å². The summed E-state index contributed by atoms with van der Waals surface area (Å²) in [5.74, 6) is 0.906. The van der Waals surface area contributed by atoms with Gasteiger partial charge in [-0.1, -0.05) is 54.6 Å². The van der Waals surface area contributed by atoms with E-state index in [1.807, 2.05) is 24.4 Å². The Hall–Kier alpha value is -2.69. The Labute approximate surface area is 165 Å². The number of fused-ring (bicyclic) bond motifs is 1. The molecule has 3 aliphatic rings. The molecule has 2 aromatic carbocycles. The number of rotatable bonds is 4. The van der Waals surface area contributed by atoms with Crippen molar-refractivity contribution in [2.24, 2.45) is 10.7 Å². The van der Waals surface area contributed by atoms with Gasteiger partial charge in [-0.2, -0.15) is 0 Å². The van der Waals surface area contributed by atoms with E-state index >= 15 is 0 Å². The summed E-state index contributed by atoms with van der Waals surface area (Å²) in [5, 5.41) is 9.51. The van der Waals surface area contributed by atoms with E-state index in [1.165, 1.54) is 23.1 Å². The molecule has 3 N–H and O–H groups in total. The van der Waals surface area contributed by atoms with Crippen LogP contribution < -0.4 is 5.73 Å². The number of aliphatic imine (C=N–C) groups is 1. The van der Waals surface area contributed by atoms with Crippen LogP contribution in [0.1, 0.15) is 48.0 Å². The lowest BCUT2D eigenvalue weighted by atomic mass is 9.72. The van der Waals surface area contributed by atoms with E-state index in [2.05, 4.69) is 53.4 Å². The van der Waals surface area contributed by atoms with Crippen LogP contribution in [0.5, 0.6) is 0 Å². The average molecular weight is 371 g/mol. The van der Waals surface area contributed by atoms with Gasteiger partial charge < -0.3 is 15.7 Å². The van der Waals surface area contributed by atoms with Crippen molar-refractivity contribution in [3.8, 4) is 0 Å². The molecular weight excluding hydrogens is 346 g/mol. The van der Waals surface area contributed by atoms with Crippen molar-refractivity contribution in [1.29, 1.82) is 0 Å². The first-order chi connectivity index (χ1) is 13.7. The van der Waals surface area contributed by atoms with E-state index in [-0.39, 0.29) is 24.2 Å². The van der Waals surface area contributed by atoms with Gasteiger partial charge in [0.15, 0.2) is 0 Å². The molecule has 2 aromatic rings. The Kier molecular flexibility index (Phi) is 4.18. The molecule has 5 rings (SSSR count). The van der Waals surface area contributed by atoms with E-state index in [0.717, 1.165) is 24.3 Å². The molecule has 0 bridgehead atoms. The molecular formula is C24H25N3O. The second-order valence-electron chi connectivity index (χ2n) is 8.02. The second kappa shape index (κ2) is 6.73. The third-order valence-electron chi connectivity index (χ3n) is 6.29. The molecule has 0 radical (unpaired) electrons. The number of hydrogen-bond acceptors (Lipinski definition) is 4. The van der Waals surface area contributed by atoms with Crippen LogP contribution in [0.3, 0.4) is 0 Å². The summed E-state index contributed by atoms with van der Waals surface area (Å²) in [4.78, 5) is 7.25. The minimum absolute atomic E-state index is 0.000470. The van der Waals surface area contributed by atoms with Gasteiger partial charge >= 0.3 is 0 Å². The van der Waals surface area contributed by atoms with Gasteiger partial charge in [-0.05, 0) is 53.7 Å². The van der Waals surface area contributed by atoms with Crippen LogP contribution in [0.25, 0.3) is 0 Å². The van der Waals surface area contributed by atoms with Crippen LogP contribution in [0.2, 0.25) is 0 Å². The second-order valence-corrected chi connectivity index (χ2v) is 8.02. The highest BCUT2D eigenvalue weighted by molar-refractivity contribution is 5.97. The molecule has 0 saturated heterocycles. The number of nitrogens with two attached hydrogens (primary N) is 1. The largest absolute Gasteiger partial charge is 0.392 e. The molecule has 2 aliphatic heterocycles. The molecule has 0 spiro atoms. The number of nitrogens with zero attached hydrogens (tertiary/aromatic N) is 2. The number of amidine groups is 1. The average Bonchev–Trinajstić information content (AvgIpc) is 3.11. The van der Waals surface area contributed by atoms with E-state index in [1.54, 1.807) is 0 Å². The summed E-state index contributed by atoms with van der Waals surface area (Å²) in [6.45, 7) is 0.0251. The maximum atomic E-state index is 9.51. The highest BCUT2D eigenvalue weighted by atomic mass is 16.3. The van der Waals surface area contributed by atoms with Crippen molar-refractivity contribution < 1.29 is 5.11 Å². The normalized spacial score (nSPS) is 25.0. The standard InChI is InChI=1S/C24H25N3O/c25-24(12-4-13-24)20-9-7-18(8-10-20)22-23(19-5-2-1-3-6-19)27-14-11-17(16-28)15-21(27)26-22/h1-3,5-11,14-15,22-23,28H,4,12-13,16,25H2. The zero-order chi connectivity index (χ0) is 19.1. The molecule has 4 heteroatoms. The van der Waals surface area contributed by atoms with Crippen molar-refractivity contribution in [2.45, 2.75) is 36.9 Å². The maximum Gasteiger partial charge on any atom is 0.129 e. The first-order valence-electron chi connectivity index (χ1n) is 9.98. The molecule has 142 valence electrons. The zero-order valence-corrected chi connectivity index (χ0v) is 15.8. The van der Waals surface area contributed by atoms with Gasteiger partial charge in [0.1, 0.15) is 11.9 Å². The maximum absolute atomic E-state index is 9.51. The first kappa shape index (κ1) is 17.4. The monoisotopic (exact) mass is 371 g/mol. The van der Waals surface area contributed by atoms with Gasteiger partial charge in [-0.15, -0.1) is 0 Å². The number of aliphatic hydroxyl groups is 1. The molecule has 1 aliphatic carbocycles. The van der Waals surface area contributed by atoms with Gasteiger partial charge in [0.2, 0.25) is 0 Å². The predicted molar refractivity (Wildman–Crippen MR) is 112 cm³/mol. The molecule has 2 heterocycles. The van der Waals surface area contributed by atoms with Gasteiger partial charge in [0.05, 0.1) is 12.6 Å². The fourth-order valence-corrected chi connectivity index (χ4v) is 4.45. The lowest BCUT2D eigenvalue weighted by Crippen LogP contribution is -2.43. The fourth-order valence-electron chi connectivity index (χ4n) is 4.45. The summed E-state index contributed by atoms with van der Waals surface area (Å²) in [5.41, 5.74) is 10.9. The van der Waals surface area contributed by atoms with Crippen LogP contribution in [0.4, 0.5) is 0 Å². The number of hydrogen-bond donors (Lipinski definition) is 2. The van der Waals surface area contributed by atoms with Gasteiger partial charge in [0.25, 0.3) is 0 Å². The minimum Gasteiger partial charge on any atom is -0.392 e. The zero-order valence-electron chi connectivity index (χ0n) is 15.8. The van der Waals surface area contributed by atoms with Crippen LogP contribution in [-0.4, -0.2) is 22.4 Å². The van der Waals surface area contributed by atoms with Gasteiger partial charge in [0, 0.05) is 11.7 Å². The van der Waals surface area contributed by atoms with Crippen LogP contribution in [0.15, 0.2) is 83.5 Å². The van der Waals surface area contributed by atoms with E-state index in [4.69, 9.17) is 10.7 Å². The summed E-state index contributed by atoms with van der Waals surface area (Å²) in [7, 11) is 0. The SMILES string of the molecule is NC1(c2ccc(C3N=C4C=C(CO)C=CN4C3c3ccccc3)cc2)CCC1. The van der Waals surface area contributed by atoms with Gasteiger partial charge in [-0.25, -0.2) is 0 Å². The van der Waals surface area contributed by atoms with Crippen LogP contribution >= 0.6 is 0 Å². The topological polar surface area (TPSA) is 61.9 Å². The molecule has 0 aromatic heterocycles. The van der Waals surface area contributed by atoms with Crippen molar-refractivity contribution in [1.82, 2.24) is 4.90 Å². The highest BCUT2D eigenvalue weighted by Crippen LogP contribution is 2.45. The summed E-state index contributed by atoms with van der Waals surface area (Å²) < 4.78 is 0. The lowest BCUT2D eigenvalue weighted by Gasteiger charge is -2.38. The Morgan fingerprint density at radius 2 is 1.79 bits per heavy atom. The molecule has 2 atom stereocenters. The molecule has 28 heavy (non-hydrogen) atoms. The highest BCUT2D eigenvalue weighted by Gasteiger charge is 2.38.